The van der Waals surface area contributed by atoms with Crippen molar-refractivity contribution in [3.8, 4) is 17.2 Å². The van der Waals surface area contributed by atoms with Gasteiger partial charge >= 0.3 is 12.1 Å². The van der Waals surface area contributed by atoms with E-state index in [9.17, 15) is 28.6 Å². The first-order valence-corrected chi connectivity index (χ1v) is 8.54. The Morgan fingerprint density at radius 3 is 2.20 bits per heavy atom. The van der Waals surface area contributed by atoms with E-state index in [1.54, 1.807) is 6.07 Å². The standard InChI is InChI=1S/C15H8F2I2O6/c16-15(17,14(22)23)25-9-3-1-8(2-4-9)24-13(21)10-5-7(18)6-11(19)12(10)20/h1-6,20H,(H,22,23)/p-1. The van der Waals surface area contributed by atoms with Crippen molar-refractivity contribution < 1.29 is 38.1 Å². The van der Waals surface area contributed by atoms with Crippen LogP contribution in [0.2, 0.25) is 0 Å². The first-order chi connectivity index (χ1) is 11.6. The number of carbonyl (C=O) groups excluding carboxylic acids is 2. The number of aliphatic carboxylic acids is 1. The Balaban J connectivity index is 2.14. The second kappa shape index (κ2) is 7.68. The number of carboxylic acids is 1. The number of hydrogen-bond acceptors (Lipinski definition) is 6. The molecular formula is C15H7F2I2O6-. The summed E-state index contributed by atoms with van der Waals surface area (Å²) in [5, 5.41) is 20.1. The highest BCUT2D eigenvalue weighted by atomic mass is 127. The number of carbonyl (C=O) groups is 2. The predicted molar refractivity (Wildman–Crippen MR) is 95.5 cm³/mol. The van der Waals surface area contributed by atoms with E-state index in [0.29, 0.717) is 7.14 Å². The van der Waals surface area contributed by atoms with Crippen molar-refractivity contribution in [2.45, 2.75) is 6.11 Å². The van der Waals surface area contributed by atoms with Crippen molar-refractivity contribution in [2.75, 3.05) is 0 Å². The van der Waals surface area contributed by atoms with Gasteiger partial charge in [-0.2, -0.15) is 8.78 Å². The molecule has 0 heterocycles. The largest absolute Gasteiger partial charge is 0.541 e. The minimum atomic E-state index is -4.48. The Hall–Kier alpha value is -1.70. The SMILES string of the molecule is O=C(Oc1ccc(OC(F)(F)C(=O)[O-])cc1)c1cc(I)cc(I)c1O. The van der Waals surface area contributed by atoms with Crippen molar-refractivity contribution in [3.63, 3.8) is 0 Å². The molecule has 0 radical (unpaired) electrons. The monoisotopic (exact) mass is 575 g/mol. The Morgan fingerprint density at radius 2 is 1.64 bits per heavy atom. The third-order valence-corrected chi connectivity index (χ3v) is 4.21. The smallest absolute Gasteiger partial charge is 0.441 e. The number of rotatable bonds is 5. The van der Waals surface area contributed by atoms with Gasteiger partial charge in [-0.15, -0.1) is 0 Å². The highest BCUT2D eigenvalue weighted by Gasteiger charge is 2.34. The molecule has 0 spiro atoms. The number of aromatic hydroxyl groups is 1. The van der Waals surface area contributed by atoms with Crippen LogP contribution >= 0.6 is 45.2 Å². The number of esters is 1. The minimum absolute atomic E-state index is 0.0117. The molecule has 1 N–H and O–H groups in total. The molecule has 2 aromatic rings. The summed E-state index contributed by atoms with van der Waals surface area (Å²) in [5.74, 6) is -4.22. The van der Waals surface area contributed by atoms with E-state index in [0.717, 1.165) is 24.3 Å². The second-order valence-corrected chi connectivity index (χ2v) is 6.96. The average Bonchev–Trinajstić information content (AvgIpc) is 2.52. The van der Waals surface area contributed by atoms with E-state index in [4.69, 9.17) is 4.74 Å². The Kier molecular flexibility index (Phi) is 6.03. The third kappa shape index (κ3) is 4.90. The van der Waals surface area contributed by atoms with E-state index >= 15 is 0 Å². The molecule has 0 aliphatic heterocycles. The molecule has 0 aliphatic carbocycles. The second-order valence-electron chi connectivity index (χ2n) is 4.55. The molecule has 0 bridgehead atoms. The zero-order valence-corrected chi connectivity index (χ0v) is 16.3. The van der Waals surface area contributed by atoms with Gasteiger partial charge in [0.25, 0.3) is 0 Å². The highest BCUT2D eigenvalue weighted by molar-refractivity contribution is 14.1. The molecule has 25 heavy (non-hydrogen) atoms. The first kappa shape index (κ1) is 19.6. The maximum Gasteiger partial charge on any atom is 0.441 e. The van der Waals surface area contributed by atoms with E-state index < -0.39 is 23.8 Å². The van der Waals surface area contributed by atoms with Crippen molar-refractivity contribution in [2.24, 2.45) is 0 Å². The van der Waals surface area contributed by atoms with Gasteiger partial charge in [0.2, 0.25) is 0 Å². The van der Waals surface area contributed by atoms with E-state index in [1.807, 2.05) is 45.2 Å². The summed E-state index contributed by atoms with van der Waals surface area (Å²) in [4.78, 5) is 22.3. The normalized spacial score (nSPS) is 11.0. The summed E-state index contributed by atoms with van der Waals surface area (Å²) in [7, 11) is 0. The zero-order chi connectivity index (χ0) is 18.8. The Labute approximate surface area is 167 Å². The van der Waals surface area contributed by atoms with Gasteiger partial charge in [-0.1, -0.05) is 0 Å². The number of phenolic OH excluding ortho intramolecular Hbond substituents is 1. The fraction of sp³-hybridized carbons (Fsp3) is 0.0667. The maximum absolute atomic E-state index is 12.9. The molecule has 2 aromatic carbocycles. The molecule has 0 aliphatic rings. The molecule has 0 saturated heterocycles. The van der Waals surface area contributed by atoms with Gasteiger partial charge in [-0.05, 0) is 81.6 Å². The van der Waals surface area contributed by atoms with Crippen LogP contribution in [0.3, 0.4) is 0 Å². The molecule has 0 saturated carbocycles. The average molecular weight is 575 g/mol. The number of ether oxygens (including phenoxy) is 2. The predicted octanol–water partition coefficient (Wildman–Crippen LogP) is 2.54. The van der Waals surface area contributed by atoms with Gasteiger partial charge in [0, 0.05) is 3.57 Å². The molecule has 2 rings (SSSR count). The van der Waals surface area contributed by atoms with Gasteiger partial charge in [-0.25, -0.2) is 4.79 Å². The lowest BCUT2D eigenvalue weighted by Gasteiger charge is -2.18. The van der Waals surface area contributed by atoms with Crippen molar-refractivity contribution >= 4 is 57.1 Å². The van der Waals surface area contributed by atoms with Crippen LogP contribution in [-0.2, 0) is 4.79 Å². The van der Waals surface area contributed by atoms with Gasteiger partial charge < -0.3 is 24.5 Å². The zero-order valence-electron chi connectivity index (χ0n) is 12.0. The summed E-state index contributed by atoms with van der Waals surface area (Å²) in [6.07, 6.45) is -4.48. The maximum atomic E-state index is 12.9. The van der Waals surface area contributed by atoms with E-state index in [1.165, 1.54) is 6.07 Å². The van der Waals surface area contributed by atoms with E-state index in [2.05, 4.69) is 4.74 Å². The quantitative estimate of drug-likeness (QED) is 0.335. The summed E-state index contributed by atoms with van der Waals surface area (Å²) in [5.41, 5.74) is -0.0555. The lowest BCUT2D eigenvalue weighted by molar-refractivity contribution is -0.350. The number of benzene rings is 2. The summed E-state index contributed by atoms with van der Waals surface area (Å²) < 4.78 is 36.0. The van der Waals surface area contributed by atoms with Gasteiger partial charge in [0.05, 0.1) is 3.57 Å². The Bertz CT molecular complexity index is 824. The summed E-state index contributed by atoms with van der Waals surface area (Å²) in [6.45, 7) is 0. The molecule has 132 valence electrons. The van der Waals surface area contributed by atoms with Crippen LogP contribution < -0.4 is 14.6 Å². The molecule has 6 nitrogen and oxygen atoms in total. The van der Waals surface area contributed by atoms with Gasteiger partial charge in [-0.3, -0.25) is 0 Å². The molecule has 0 amide bonds. The number of phenols is 1. The van der Waals surface area contributed by atoms with Crippen LogP contribution in [0.5, 0.6) is 17.2 Å². The number of carboxylic acid groups (broad SMARTS) is 1. The lowest BCUT2D eigenvalue weighted by Crippen LogP contribution is -2.45. The van der Waals surface area contributed by atoms with Crippen LogP contribution in [0, 0.1) is 7.14 Å². The lowest BCUT2D eigenvalue weighted by atomic mass is 10.2. The van der Waals surface area contributed by atoms with Crippen molar-refractivity contribution in [1.82, 2.24) is 0 Å². The number of hydrogen-bond donors (Lipinski definition) is 1. The topological polar surface area (TPSA) is 95.9 Å². The fourth-order valence-corrected chi connectivity index (χ4v) is 3.49. The molecule has 10 heteroatoms. The van der Waals surface area contributed by atoms with Gasteiger partial charge in [0.15, 0.2) is 5.97 Å². The summed E-state index contributed by atoms with van der Waals surface area (Å²) in [6, 6.07) is 7.35. The van der Waals surface area contributed by atoms with Crippen LogP contribution in [0.25, 0.3) is 0 Å². The molecule has 0 unspecified atom stereocenters. The number of alkyl halides is 2. The molecule has 0 aromatic heterocycles. The highest BCUT2D eigenvalue weighted by Crippen LogP contribution is 2.29. The van der Waals surface area contributed by atoms with Crippen LogP contribution in [0.4, 0.5) is 8.78 Å². The van der Waals surface area contributed by atoms with Crippen LogP contribution in [0.15, 0.2) is 36.4 Å². The van der Waals surface area contributed by atoms with Crippen molar-refractivity contribution in [3.05, 3.63) is 49.1 Å². The Morgan fingerprint density at radius 1 is 1.08 bits per heavy atom. The molecule has 0 fully saturated rings. The number of halogens is 4. The molecule has 0 atom stereocenters. The fourth-order valence-electron chi connectivity index (χ4n) is 1.65. The van der Waals surface area contributed by atoms with E-state index in [-0.39, 0.29) is 17.1 Å². The minimum Gasteiger partial charge on any atom is -0.541 e. The van der Waals surface area contributed by atoms with Crippen molar-refractivity contribution in [1.29, 1.82) is 0 Å². The first-order valence-electron chi connectivity index (χ1n) is 6.38. The molecular weight excluding hydrogens is 568 g/mol. The third-order valence-electron chi connectivity index (χ3n) is 2.77. The van der Waals surface area contributed by atoms with Crippen LogP contribution in [0.1, 0.15) is 10.4 Å². The van der Waals surface area contributed by atoms with Gasteiger partial charge in [0.1, 0.15) is 22.8 Å². The van der Waals surface area contributed by atoms with Crippen LogP contribution in [-0.4, -0.2) is 23.2 Å². The summed E-state index contributed by atoms with van der Waals surface area (Å²) >= 11 is 3.83.